The zero-order valence-corrected chi connectivity index (χ0v) is 11.4. The van der Waals surface area contributed by atoms with Crippen LogP contribution in [0.4, 0.5) is 0 Å². The molecule has 0 radical (unpaired) electrons. The van der Waals surface area contributed by atoms with Crippen molar-refractivity contribution in [3.8, 4) is 0 Å². The SMILES string of the molecule is COCC(C)(O)CNC(=O)c1ccc(C)c(C)c1. The van der Waals surface area contributed by atoms with Crippen molar-refractivity contribution in [3.63, 3.8) is 0 Å². The molecule has 0 spiro atoms. The number of nitrogens with one attached hydrogen (secondary N) is 1. The summed E-state index contributed by atoms with van der Waals surface area (Å²) in [4.78, 5) is 11.9. The van der Waals surface area contributed by atoms with Gasteiger partial charge >= 0.3 is 0 Å². The van der Waals surface area contributed by atoms with Crippen LogP contribution >= 0.6 is 0 Å². The molecule has 0 aliphatic carbocycles. The maximum atomic E-state index is 11.9. The Bertz CT molecular complexity index is 427. The molecule has 0 aliphatic rings. The number of hydrogen-bond acceptors (Lipinski definition) is 3. The highest BCUT2D eigenvalue weighted by atomic mass is 16.5. The highest BCUT2D eigenvalue weighted by molar-refractivity contribution is 5.94. The molecule has 0 fully saturated rings. The number of rotatable bonds is 5. The van der Waals surface area contributed by atoms with E-state index >= 15 is 0 Å². The molecule has 0 saturated carbocycles. The van der Waals surface area contributed by atoms with E-state index in [1.807, 2.05) is 26.0 Å². The lowest BCUT2D eigenvalue weighted by Crippen LogP contribution is -2.43. The third-order valence-corrected chi connectivity index (χ3v) is 2.85. The second-order valence-electron chi connectivity index (χ2n) is 4.91. The first-order chi connectivity index (χ1) is 8.35. The smallest absolute Gasteiger partial charge is 0.251 e. The average molecular weight is 251 g/mol. The van der Waals surface area contributed by atoms with Crippen LogP contribution in [0, 0.1) is 13.8 Å². The van der Waals surface area contributed by atoms with E-state index in [1.165, 1.54) is 7.11 Å². The lowest BCUT2D eigenvalue weighted by atomic mass is 10.1. The Balaban J connectivity index is 2.63. The molecule has 1 atom stereocenters. The zero-order valence-electron chi connectivity index (χ0n) is 11.4. The molecule has 1 aromatic carbocycles. The number of ether oxygens (including phenoxy) is 1. The largest absolute Gasteiger partial charge is 0.386 e. The van der Waals surface area contributed by atoms with E-state index < -0.39 is 5.60 Å². The van der Waals surface area contributed by atoms with Gasteiger partial charge < -0.3 is 15.2 Å². The lowest BCUT2D eigenvalue weighted by molar-refractivity contribution is -0.0147. The van der Waals surface area contributed by atoms with Crippen LogP contribution in [0.3, 0.4) is 0 Å². The molecule has 18 heavy (non-hydrogen) atoms. The first kappa shape index (κ1) is 14.7. The van der Waals surface area contributed by atoms with Gasteiger partial charge in [-0.25, -0.2) is 0 Å². The van der Waals surface area contributed by atoms with Crippen molar-refractivity contribution in [3.05, 3.63) is 34.9 Å². The van der Waals surface area contributed by atoms with Crippen LogP contribution in [0.1, 0.15) is 28.4 Å². The van der Waals surface area contributed by atoms with E-state index in [2.05, 4.69) is 5.32 Å². The minimum atomic E-state index is -1.05. The molecule has 100 valence electrons. The second-order valence-corrected chi connectivity index (χ2v) is 4.91. The molecule has 0 aliphatic heterocycles. The highest BCUT2D eigenvalue weighted by Gasteiger charge is 2.21. The topological polar surface area (TPSA) is 58.6 Å². The Morgan fingerprint density at radius 3 is 2.61 bits per heavy atom. The highest BCUT2D eigenvalue weighted by Crippen LogP contribution is 2.10. The van der Waals surface area contributed by atoms with Crippen molar-refractivity contribution < 1.29 is 14.6 Å². The minimum absolute atomic E-state index is 0.159. The van der Waals surface area contributed by atoms with Gasteiger partial charge in [-0.05, 0) is 44.0 Å². The summed E-state index contributed by atoms with van der Waals surface area (Å²) >= 11 is 0. The standard InChI is InChI=1S/C14H21NO3/c1-10-5-6-12(7-11(10)2)13(16)15-8-14(3,17)9-18-4/h5-7,17H,8-9H2,1-4H3,(H,15,16). The molecule has 0 saturated heterocycles. The zero-order chi connectivity index (χ0) is 13.8. The van der Waals surface area contributed by atoms with E-state index in [4.69, 9.17) is 4.74 Å². The summed E-state index contributed by atoms with van der Waals surface area (Å²) in [7, 11) is 1.51. The minimum Gasteiger partial charge on any atom is -0.386 e. The molecule has 1 unspecified atom stereocenters. The van der Waals surface area contributed by atoms with Gasteiger partial charge in [0.2, 0.25) is 0 Å². The van der Waals surface area contributed by atoms with Crippen LogP contribution in [0.5, 0.6) is 0 Å². The molecule has 4 nitrogen and oxygen atoms in total. The van der Waals surface area contributed by atoms with E-state index in [-0.39, 0.29) is 19.1 Å². The Morgan fingerprint density at radius 2 is 2.06 bits per heavy atom. The first-order valence-electron chi connectivity index (χ1n) is 5.92. The Kier molecular flexibility index (Phi) is 4.87. The van der Waals surface area contributed by atoms with Gasteiger partial charge in [-0.2, -0.15) is 0 Å². The summed E-state index contributed by atoms with van der Waals surface area (Å²) in [5.74, 6) is -0.186. The van der Waals surface area contributed by atoms with Gasteiger partial charge in [0, 0.05) is 19.2 Å². The third-order valence-electron chi connectivity index (χ3n) is 2.85. The summed E-state index contributed by atoms with van der Waals surface area (Å²) in [5, 5.41) is 12.6. The Morgan fingerprint density at radius 1 is 1.39 bits per heavy atom. The molecule has 1 amide bonds. The van der Waals surface area contributed by atoms with E-state index in [1.54, 1.807) is 13.0 Å². The third kappa shape index (κ3) is 4.13. The van der Waals surface area contributed by atoms with Gasteiger partial charge in [-0.1, -0.05) is 6.07 Å². The van der Waals surface area contributed by atoms with E-state index in [9.17, 15) is 9.90 Å². The molecule has 0 heterocycles. The van der Waals surface area contributed by atoms with Gasteiger partial charge in [0.1, 0.15) is 5.60 Å². The van der Waals surface area contributed by atoms with Crippen molar-refractivity contribution in [2.45, 2.75) is 26.4 Å². The van der Waals surface area contributed by atoms with Crippen LogP contribution < -0.4 is 5.32 Å². The average Bonchev–Trinajstić information content (AvgIpc) is 2.30. The van der Waals surface area contributed by atoms with Crippen LogP contribution in [-0.2, 0) is 4.74 Å². The summed E-state index contributed by atoms with van der Waals surface area (Å²) in [6.07, 6.45) is 0. The van der Waals surface area contributed by atoms with E-state index in [0.717, 1.165) is 11.1 Å². The van der Waals surface area contributed by atoms with Crippen molar-refractivity contribution in [1.29, 1.82) is 0 Å². The van der Waals surface area contributed by atoms with Gasteiger partial charge in [0.25, 0.3) is 5.91 Å². The predicted molar refractivity (Wildman–Crippen MR) is 70.7 cm³/mol. The normalized spacial score (nSPS) is 14.1. The number of methoxy groups -OCH3 is 1. The Labute approximate surface area is 108 Å². The summed E-state index contributed by atoms with van der Waals surface area (Å²) < 4.78 is 4.88. The molecule has 1 rings (SSSR count). The van der Waals surface area contributed by atoms with Crippen LogP contribution in [0.25, 0.3) is 0 Å². The molecule has 0 bridgehead atoms. The van der Waals surface area contributed by atoms with Gasteiger partial charge in [-0.15, -0.1) is 0 Å². The monoisotopic (exact) mass is 251 g/mol. The van der Waals surface area contributed by atoms with Crippen LogP contribution in [-0.4, -0.2) is 36.9 Å². The fourth-order valence-electron chi connectivity index (χ4n) is 1.62. The molecule has 1 aromatic rings. The molecular formula is C14H21NO3. The van der Waals surface area contributed by atoms with Crippen LogP contribution in [0.15, 0.2) is 18.2 Å². The van der Waals surface area contributed by atoms with E-state index in [0.29, 0.717) is 5.56 Å². The maximum Gasteiger partial charge on any atom is 0.251 e. The lowest BCUT2D eigenvalue weighted by Gasteiger charge is -2.22. The predicted octanol–water partition coefficient (Wildman–Crippen LogP) is 1.43. The molecule has 4 heteroatoms. The van der Waals surface area contributed by atoms with Crippen molar-refractivity contribution in [2.75, 3.05) is 20.3 Å². The number of carbonyl (C=O) groups excluding carboxylic acids is 1. The number of aliphatic hydroxyl groups is 1. The maximum absolute atomic E-state index is 11.9. The molecule has 2 N–H and O–H groups in total. The first-order valence-corrected chi connectivity index (χ1v) is 5.92. The van der Waals surface area contributed by atoms with Crippen molar-refractivity contribution >= 4 is 5.91 Å². The number of aryl methyl sites for hydroxylation is 2. The van der Waals surface area contributed by atoms with Gasteiger partial charge in [0.15, 0.2) is 0 Å². The number of benzene rings is 1. The fraction of sp³-hybridized carbons (Fsp3) is 0.500. The van der Waals surface area contributed by atoms with Crippen LogP contribution in [0.2, 0.25) is 0 Å². The second kappa shape index (κ2) is 5.98. The summed E-state index contributed by atoms with van der Waals surface area (Å²) in [5.41, 5.74) is 1.78. The molecule has 0 aromatic heterocycles. The Hall–Kier alpha value is -1.39. The number of amides is 1. The van der Waals surface area contributed by atoms with Crippen molar-refractivity contribution in [2.24, 2.45) is 0 Å². The fourth-order valence-corrected chi connectivity index (χ4v) is 1.62. The van der Waals surface area contributed by atoms with Gasteiger partial charge in [-0.3, -0.25) is 4.79 Å². The van der Waals surface area contributed by atoms with Crippen molar-refractivity contribution in [1.82, 2.24) is 5.32 Å². The molecular weight excluding hydrogens is 230 g/mol. The summed E-state index contributed by atoms with van der Waals surface area (Å²) in [6.45, 7) is 5.93. The number of hydrogen-bond donors (Lipinski definition) is 2. The van der Waals surface area contributed by atoms with Gasteiger partial charge in [0.05, 0.1) is 6.61 Å². The quantitative estimate of drug-likeness (QED) is 0.832. The number of carbonyl (C=O) groups is 1. The summed E-state index contributed by atoms with van der Waals surface area (Å²) in [6, 6.07) is 5.54.